The number of rotatable bonds is 3. The predicted octanol–water partition coefficient (Wildman–Crippen LogP) is 1.42. The Balaban J connectivity index is 2.23. The van der Waals surface area contributed by atoms with Gasteiger partial charge in [0, 0.05) is 13.1 Å². The molecule has 0 spiro atoms. The fourth-order valence-electron chi connectivity index (χ4n) is 2.46. The Hall–Kier alpha value is -1.72. The van der Waals surface area contributed by atoms with Gasteiger partial charge in [0.05, 0.1) is 18.7 Å². The summed E-state index contributed by atoms with van der Waals surface area (Å²) >= 11 is 0. The Morgan fingerprint density at radius 3 is 2.89 bits per heavy atom. The first-order valence-corrected chi connectivity index (χ1v) is 6.40. The average molecular weight is 267 g/mol. The van der Waals surface area contributed by atoms with Crippen LogP contribution in [0, 0.1) is 17.7 Å². The molecule has 0 aliphatic carbocycles. The molecule has 0 bridgehead atoms. The molecule has 0 N–H and O–H groups in total. The molecule has 1 aliphatic heterocycles. The number of hydrogen-bond acceptors (Lipinski definition) is 5. The van der Waals surface area contributed by atoms with Crippen LogP contribution >= 0.6 is 0 Å². The maximum absolute atomic E-state index is 14.2. The molecule has 104 valence electrons. The SMILES string of the molecule is CCc1ncnc(N2CC(C)C(C(=O)OC)C2)c1F. The fraction of sp³-hybridized carbons (Fsp3) is 0.615. The second kappa shape index (κ2) is 5.50. The Morgan fingerprint density at radius 2 is 2.26 bits per heavy atom. The summed E-state index contributed by atoms with van der Waals surface area (Å²) in [5.74, 6) is -0.468. The van der Waals surface area contributed by atoms with E-state index < -0.39 is 0 Å². The summed E-state index contributed by atoms with van der Waals surface area (Å²) < 4.78 is 19.0. The molecular weight excluding hydrogens is 249 g/mol. The zero-order valence-corrected chi connectivity index (χ0v) is 11.4. The van der Waals surface area contributed by atoms with Crippen LogP contribution < -0.4 is 4.90 Å². The van der Waals surface area contributed by atoms with Crippen molar-refractivity contribution in [3.8, 4) is 0 Å². The van der Waals surface area contributed by atoms with Gasteiger partial charge in [-0.05, 0) is 12.3 Å². The molecule has 1 aliphatic rings. The smallest absolute Gasteiger partial charge is 0.310 e. The van der Waals surface area contributed by atoms with Crippen LogP contribution in [0.1, 0.15) is 19.5 Å². The van der Waals surface area contributed by atoms with Crippen LogP contribution in [0.15, 0.2) is 6.33 Å². The molecule has 1 fully saturated rings. The number of halogens is 1. The molecule has 19 heavy (non-hydrogen) atoms. The molecule has 6 heteroatoms. The molecule has 0 radical (unpaired) electrons. The Kier molecular flexibility index (Phi) is 3.97. The van der Waals surface area contributed by atoms with Crippen molar-refractivity contribution in [3.63, 3.8) is 0 Å². The summed E-state index contributed by atoms with van der Waals surface area (Å²) in [5.41, 5.74) is 0.402. The van der Waals surface area contributed by atoms with Crippen LogP contribution in [0.5, 0.6) is 0 Å². The third kappa shape index (κ3) is 2.52. The van der Waals surface area contributed by atoms with Crippen LogP contribution in [0.3, 0.4) is 0 Å². The van der Waals surface area contributed by atoms with Gasteiger partial charge in [-0.3, -0.25) is 4.79 Å². The third-order valence-electron chi connectivity index (χ3n) is 3.59. The number of aromatic nitrogens is 2. The van der Waals surface area contributed by atoms with Crippen molar-refractivity contribution in [2.75, 3.05) is 25.1 Å². The van der Waals surface area contributed by atoms with Crippen LogP contribution in [0.4, 0.5) is 10.2 Å². The van der Waals surface area contributed by atoms with Crippen molar-refractivity contribution in [1.82, 2.24) is 9.97 Å². The van der Waals surface area contributed by atoms with E-state index in [9.17, 15) is 9.18 Å². The molecular formula is C13H18FN3O2. The summed E-state index contributed by atoms with van der Waals surface area (Å²) in [6, 6.07) is 0. The van der Waals surface area contributed by atoms with Crippen LogP contribution in [0.2, 0.25) is 0 Å². The number of methoxy groups -OCH3 is 1. The van der Waals surface area contributed by atoms with Crippen LogP contribution in [-0.4, -0.2) is 36.1 Å². The van der Waals surface area contributed by atoms with Crippen molar-refractivity contribution in [3.05, 3.63) is 17.8 Å². The predicted molar refractivity (Wildman–Crippen MR) is 68.3 cm³/mol. The zero-order valence-electron chi connectivity index (χ0n) is 11.4. The lowest BCUT2D eigenvalue weighted by Gasteiger charge is -2.18. The van der Waals surface area contributed by atoms with E-state index in [1.54, 1.807) is 4.90 Å². The zero-order chi connectivity index (χ0) is 14.0. The number of carbonyl (C=O) groups is 1. The van der Waals surface area contributed by atoms with Gasteiger partial charge in [-0.15, -0.1) is 0 Å². The number of anilines is 1. The Labute approximate surface area is 111 Å². The highest BCUT2D eigenvalue weighted by molar-refractivity contribution is 5.74. The summed E-state index contributed by atoms with van der Waals surface area (Å²) in [6.45, 7) is 4.84. The number of hydrogen-bond donors (Lipinski definition) is 0. The minimum absolute atomic E-state index is 0.117. The van der Waals surface area contributed by atoms with E-state index >= 15 is 0 Å². The molecule has 0 amide bonds. The molecule has 2 heterocycles. The number of ether oxygens (including phenoxy) is 1. The molecule has 1 aromatic heterocycles. The van der Waals surface area contributed by atoms with Gasteiger partial charge in [0.15, 0.2) is 11.6 Å². The highest BCUT2D eigenvalue weighted by Crippen LogP contribution is 2.29. The van der Waals surface area contributed by atoms with Gasteiger partial charge < -0.3 is 9.64 Å². The first kappa shape index (κ1) is 13.7. The third-order valence-corrected chi connectivity index (χ3v) is 3.59. The van der Waals surface area contributed by atoms with Gasteiger partial charge >= 0.3 is 5.97 Å². The summed E-state index contributed by atoms with van der Waals surface area (Å²) in [5, 5.41) is 0. The molecule has 2 rings (SSSR count). The maximum Gasteiger partial charge on any atom is 0.310 e. The van der Waals surface area contributed by atoms with Crippen LogP contribution in [-0.2, 0) is 16.0 Å². The molecule has 2 atom stereocenters. The molecule has 1 saturated heterocycles. The second-order valence-electron chi connectivity index (χ2n) is 4.82. The van der Waals surface area contributed by atoms with Crippen molar-refractivity contribution in [2.45, 2.75) is 20.3 Å². The highest BCUT2D eigenvalue weighted by atomic mass is 19.1. The van der Waals surface area contributed by atoms with E-state index in [0.717, 1.165) is 0 Å². The number of esters is 1. The molecule has 5 nitrogen and oxygen atoms in total. The fourth-order valence-corrected chi connectivity index (χ4v) is 2.46. The first-order chi connectivity index (χ1) is 9.08. The van der Waals surface area contributed by atoms with E-state index in [1.165, 1.54) is 13.4 Å². The van der Waals surface area contributed by atoms with Gasteiger partial charge in [-0.2, -0.15) is 0 Å². The minimum atomic E-state index is -0.386. The van der Waals surface area contributed by atoms with Gasteiger partial charge in [-0.1, -0.05) is 13.8 Å². The molecule has 0 aromatic carbocycles. The lowest BCUT2D eigenvalue weighted by atomic mass is 9.99. The quantitative estimate of drug-likeness (QED) is 0.775. The molecule has 0 saturated carbocycles. The van der Waals surface area contributed by atoms with Crippen LogP contribution in [0.25, 0.3) is 0 Å². The topological polar surface area (TPSA) is 55.3 Å². The lowest BCUT2D eigenvalue weighted by Crippen LogP contribution is -2.26. The normalized spacial score (nSPS) is 22.6. The van der Waals surface area contributed by atoms with E-state index in [1.807, 2.05) is 13.8 Å². The van der Waals surface area contributed by atoms with Gasteiger partial charge in [0.2, 0.25) is 0 Å². The van der Waals surface area contributed by atoms with Gasteiger partial charge in [0.1, 0.15) is 6.33 Å². The molecule has 1 aromatic rings. The van der Waals surface area contributed by atoms with E-state index in [2.05, 4.69) is 9.97 Å². The summed E-state index contributed by atoms with van der Waals surface area (Å²) in [7, 11) is 1.37. The van der Waals surface area contributed by atoms with Crippen molar-refractivity contribution >= 4 is 11.8 Å². The van der Waals surface area contributed by atoms with E-state index in [-0.39, 0.29) is 29.4 Å². The van der Waals surface area contributed by atoms with Crippen molar-refractivity contribution < 1.29 is 13.9 Å². The lowest BCUT2D eigenvalue weighted by molar-refractivity contribution is -0.145. The number of aryl methyl sites for hydroxylation is 1. The number of nitrogens with zero attached hydrogens (tertiary/aromatic N) is 3. The van der Waals surface area contributed by atoms with Crippen molar-refractivity contribution in [2.24, 2.45) is 11.8 Å². The standard InChI is InChI=1S/C13H18FN3O2/c1-4-10-11(14)12(16-7-15-10)17-5-8(2)9(6-17)13(18)19-3/h7-9H,4-6H2,1-3H3. The minimum Gasteiger partial charge on any atom is -0.469 e. The maximum atomic E-state index is 14.2. The molecule has 2 unspecified atom stereocenters. The van der Waals surface area contributed by atoms with Gasteiger partial charge in [-0.25, -0.2) is 14.4 Å². The highest BCUT2D eigenvalue weighted by Gasteiger charge is 2.37. The average Bonchev–Trinajstić information content (AvgIpc) is 2.80. The summed E-state index contributed by atoms with van der Waals surface area (Å²) in [4.78, 5) is 21.4. The largest absolute Gasteiger partial charge is 0.469 e. The first-order valence-electron chi connectivity index (χ1n) is 6.40. The summed E-state index contributed by atoms with van der Waals surface area (Å²) in [6.07, 6.45) is 1.89. The number of carbonyl (C=O) groups excluding carboxylic acids is 1. The Bertz CT molecular complexity index is 481. The van der Waals surface area contributed by atoms with Gasteiger partial charge in [0.25, 0.3) is 0 Å². The monoisotopic (exact) mass is 267 g/mol. The van der Waals surface area contributed by atoms with Crippen molar-refractivity contribution in [1.29, 1.82) is 0 Å². The van der Waals surface area contributed by atoms with E-state index in [4.69, 9.17) is 4.74 Å². The van der Waals surface area contributed by atoms with E-state index in [0.29, 0.717) is 25.2 Å². The Morgan fingerprint density at radius 1 is 1.53 bits per heavy atom. The second-order valence-corrected chi connectivity index (χ2v) is 4.82.